The lowest BCUT2D eigenvalue weighted by molar-refractivity contribution is 0.149. The zero-order chi connectivity index (χ0) is 20.4. The van der Waals surface area contributed by atoms with Gasteiger partial charge in [0.15, 0.2) is 0 Å². The Kier molecular flexibility index (Phi) is 6.29. The molecular weight excluding hydrogens is 346 g/mol. The number of pyridine rings is 1. The fraction of sp³-hybridized carbons (Fsp3) is 0.542. The van der Waals surface area contributed by atoms with Gasteiger partial charge in [0.1, 0.15) is 5.75 Å². The summed E-state index contributed by atoms with van der Waals surface area (Å²) in [5.74, 6) is 2.52. The van der Waals surface area contributed by atoms with Crippen LogP contribution in [-0.2, 0) is 6.54 Å². The zero-order valence-corrected chi connectivity index (χ0v) is 18.4. The molecule has 0 bridgehead atoms. The van der Waals surface area contributed by atoms with E-state index in [-0.39, 0.29) is 0 Å². The van der Waals surface area contributed by atoms with Crippen LogP contribution in [0.4, 0.5) is 0 Å². The number of methoxy groups -OCH3 is 1. The van der Waals surface area contributed by atoms with E-state index in [1.54, 1.807) is 7.11 Å². The van der Waals surface area contributed by atoms with E-state index in [4.69, 9.17) is 9.72 Å². The largest absolute Gasteiger partial charge is 0.495 e. The fourth-order valence-corrected chi connectivity index (χ4v) is 4.25. The van der Waals surface area contributed by atoms with Gasteiger partial charge in [-0.1, -0.05) is 20.4 Å². The van der Waals surface area contributed by atoms with Gasteiger partial charge in [-0.15, -0.1) is 0 Å². The number of hydrogen-bond donors (Lipinski definition) is 0. The molecular formula is C24H35N3O. The van der Waals surface area contributed by atoms with Gasteiger partial charge in [-0.05, 0) is 68.8 Å². The van der Waals surface area contributed by atoms with Crippen molar-refractivity contribution < 1.29 is 4.74 Å². The highest BCUT2D eigenvalue weighted by molar-refractivity contribution is 5.82. The zero-order valence-electron chi connectivity index (χ0n) is 18.4. The quantitative estimate of drug-likeness (QED) is 0.710. The molecule has 4 heteroatoms. The molecule has 0 radical (unpaired) electrons. The Morgan fingerprint density at radius 2 is 1.89 bits per heavy atom. The number of nitrogens with zero attached hydrogens (tertiary/aromatic N) is 3. The maximum absolute atomic E-state index is 5.72. The van der Waals surface area contributed by atoms with Crippen molar-refractivity contribution in [3.05, 3.63) is 53.1 Å². The standard InChI is InChI=1S/C24H35N3O/c1-16(2)20-8-10-27(11-9-20)15-23-24(28-7)12-21(13-25-23)22-14-26(6)19(5)17(3)18(22)4/h12-14,16,20H,5,8-11,15H2,1-4,6-7H3. The summed E-state index contributed by atoms with van der Waals surface area (Å²) in [7, 11) is 3.78. The van der Waals surface area contributed by atoms with Gasteiger partial charge < -0.3 is 9.64 Å². The molecule has 152 valence electrons. The number of ether oxygens (including phenoxy) is 1. The van der Waals surface area contributed by atoms with Gasteiger partial charge in [0.25, 0.3) is 0 Å². The number of hydrogen-bond acceptors (Lipinski definition) is 4. The van der Waals surface area contributed by atoms with Gasteiger partial charge in [-0.2, -0.15) is 0 Å². The molecule has 0 spiro atoms. The molecule has 3 heterocycles. The Morgan fingerprint density at radius 1 is 1.21 bits per heavy atom. The van der Waals surface area contributed by atoms with E-state index in [1.165, 1.54) is 29.6 Å². The maximum Gasteiger partial charge on any atom is 0.142 e. The summed E-state index contributed by atoms with van der Waals surface area (Å²) < 4.78 is 5.72. The number of allylic oxidation sites excluding steroid dienone is 3. The van der Waals surface area contributed by atoms with Crippen molar-refractivity contribution in [2.45, 2.75) is 47.1 Å². The first-order chi connectivity index (χ1) is 13.3. The molecule has 0 saturated carbocycles. The monoisotopic (exact) mass is 381 g/mol. The highest BCUT2D eigenvalue weighted by Gasteiger charge is 2.23. The summed E-state index contributed by atoms with van der Waals surface area (Å²) in [6, 6.07) is 2.13. The maximum atomic E-state index is 5.72. The van der Waals surface area contributed by atoms with E-state index in [0.29, 0.717) is 0 Å². The van der Waals surface area contributed by atoms with E-state index in [2.05, 4.69) is 56.3 Å². The minimum Gasteiger partial charge on any atom is -0.495 e. The molecule has 4 nitrogen and oxygen atoms in total. The van der Waals surface area contributed by atoms with Crippen LogP contribution in [0.2, 0.25) is 0 Å². The Morgan fingerprint density at radius 3 is 2.50 bits per heavy atom. The molecule has 2 aliphatic heterocycles. The fourth-order valence-electron chi connectivity index (χ4n) is 4.25. The van der Waals surface area contributed by atoms with E-state index in [0.717, 1.165) is 54.2 Å². The van der Waals surface area contributed by atoms with Crippen molar-refractivity contribution in [3.8, 4) is 5.75 Å². The lowest BCUT2D eigenvalue weighted by Crippen LogP contribution is -2.35. The van der Waals surface area contributed by atoms with Crippen molar-refractivity contribution >= 4 is 5.57 Å². The Labute approximate surface area is 170 Å². The van der Waals surface area contributed by atoms with Crippen LogP contribution in [0.25, 0.3) is 5.57 Å². The minimum absolute atomic E-state index is 0.784. The lowest BCUT2D eigenvalue weighted by Gasteiger charge is -2.33. The van der Waals surface area contributed by atoms with Gasteiger partial charge in [0, 0.05) is 42.8 Å². The summed E-state index contributed by atoms with van der Waals surface area (Å²) in [5, 5.41) is 0. The van der Waals surface area contributed by atoms with Crippen LogP contribution >= 0.6 is 0 Å². The highest BCUT2D eigenvalue weighted by Crippen LogP contribution is 2.35. The molecule has 0 aromatic carbocycles. The number of likely N-dealkylation sites (N-methyl/N-ethyl adjacent to an activating group) is 1. The van der Waals surface area contributed by atoms with Crippen LogP contribution in [0.3, 0.4) is 0 Å². The van der Waals surface area contributed by atoms with Gasteiger partial charge in [0.05, 0.1) is 12.8 Å². The van der Waals surface area contributed by atoms with Crippen molar-refractivity contribution in [1.29, 1.82) is 0 Å². The number of likely N-dealkylation sites (tertiary alicyclic amines) is 1. The SMILES string of the molecule is C=C1C(C)=C(C)C(c2cnc(CN3CCC(C(C)C)CC3)c(OC)c2)=CN1C. The first-order valence-electron chi connectivity index (χ1n) is 10.4. The molecule has 1 aromatic heterocycles. The third-order valence-electron chi connectivity index (χ3n) is 6.56. The predicted molar refractivity (Wildman–Crippen MR) is 117 cm³/mol. The third-order valence-corrected chi connectivity index (χ3v) is 6.56. The van der Waals surface area contributed by atoms with Gasteiger partial charge >= 0.3 is 0 Å². The number of rotatable bonds is 5. The smallest absolute Gasteiger partial charge is 0.142 e. The molecule has 1 saturated heterocycles. The molecule has 1 aromatic rings. The molecule has 0 unspecified atom stereocenters. The summed E-state index contributed by atoms with van der Waals surface area (Å²) in [4.78, 5) is 9.40. The molecule has 1 fully saturated rings. The van der Waals surface area contributed by atoms with Crippen LogP contribution in [0.1, 0.15) is 51.8 Å². The first kappa shape index (κ1) is 20.7. The average Bonchev–Trinajstić information content (AvgIpc) is 2.70. The van der Waals surface area contributed by atoms with Crippen molar-refractivity contribution in [2.24, 2.45) is 11.8 Å². The summed E-state index contributed by atoms with van der Waals surface area (Å²) >= 11 is 0. The van der Waals surface area contributed by atoms with Crippen LogP contribution in [-0.4, -0.2) is 42.0 Å². The van der Waals surface area contributed by atoms with Crippen molar-refractivity contribution in [2.75, 3.05) is 27.2 Å². The second-order valence-corrected chi connectivity index (χ2v) is 8.58. The molecule has 28 heavy (non-hydrogen) atoms. The van der Waals surface area contributed by atoms with Crippen LogP contribution in [0.5, 0.6) is 5.75 Å². The second kappa shape index (κ2) is 8.52. The molecule has 2 aliphatic rings. The minimum atomic E-state index is 0.784. The molecule has 3 rings (SSSR count). The van der Waals surface area contributed by atoms with Gasteiger partial charge in [-0.3, -0.25) is 9.88 Å². The second-order valence-electron chi connectivity index (χ2n) is 8.58. The Balaban J connectivity index is 1.78. The van der Waals surface area contributed by atoms with Gasteiger partial charge in [-0.25, -0.2) is 0 Å². The first-order valence-corrected chi connectivity index (χ1v) is 10.4. The van der Waals surface area contributed by atoms with Crippen LogP contribution < -0.4 is 4.74 Å². The molecule has 0 atom stereocenters. The Bertz CT molecular complexity index is 798. The van der Waals surface area contributed by atoms with Crippen molar-refractivity contribution in [1.82, 2.24) is 14.8 Å². The molecule has 0 N–H and O–H groups in total. The average molecular weight is 382 g/mol. The molecule has 0 aliphatic carbocycles. The normalized spacial score (nSPS) is 19.5. The summed E-state index contributed by atoms with van der Waals surface area (Å²) in [6.45, 7) is 16.3. The van der Waals surface area contributed by atoms with E-state index in [9.17, 15) is 0 Å². The lowest BCUT2D eigenvalue weighted by atomic mass is 9.87. The summed E-state index contributed by atoms with van der Waals surface area (Å²) in [6.07, 6.45) is 6.69. The number of piperidine rings is 1. The van der Waals surface area contributed by atoms with Gasteiger partial charge in [0.2, 0.25) is 0 Å². The third kappa shape index (κ3) is 4.17. The van der Waals surface area contributed by atoms with Crippen molar-refractivity contribution in [3.63, 3.8) is 0 Å². The highest BCUT2D eigenvalue weighted by atomic mass is 16.5. The Hall–Kier alpha value is -2.07. The summed E-state index contributed by atoms with van der Waals surface area (Å²) in [5.41, 5.74) is 6.81. The van der Waals surface area contributed by atoms with Crippen LogP contribution in [0.15, 0.2) is 41.9 Å². The van der Waals surface area contributed by atoms with E-state index >= 15 is 0 Å². The van der Waals surface area contributed by atoms with E-state index in [1.807, 2.05) is 13.2 Å². The number of aromatic nitrogens is 1. The topological polar surface area (TPSA) is 28.6 Å². The van der Waals surface area contributed by atoms with Crippen LogP contribution in [0, 0.1) is 11.8 Å². The van der Waals surface area contributed by atoms with E-state index < -0.39 is 0 Å². The molecule has 0 amide bonds. The predicted octanol–water partition coefficient (Wildman–Crippen LogP) is 5.09.